The first-order valence-electron chi connectivity index (χ1n) is 8.77. The summed E-state index contributed by atoms with van der Waals surface area (Å²) in [7, 11) is 2.26. The lowest BCUT2D eigenvalue weighted by atomic mass is 9.88. The lowest BCUT2D eigenvalue weighted by Gasteiger charge is -2.41. The molecule has 2 aliphatic rings. The maximum atomic E-state index is 6.05. The van der Waals surface area contributed by atoms with Crippen molar-refractivity contribution in [2.24, 2.45) is 5.92 Å². The Morgan fingerprint density at radius 3 is 2.45 bits per heavy atom. The van der Waals surface area contributed by atoms with Crippen molar-refractivity contribution < 1.29 is 4.74 Å². The molecule has 2 rings (SSSR count). The molecule has 3 heteroatoms. The molecule has 1 aliphatic carbocycles. The Bertz CT molecular complexity index is 258. The van der Waals surface area contributed by atoms with Gasteiger partial charge in [0.05, 0.1) is 6.10 Å². The first kappa shape index (κ1) is 16.3. The molecular formula is C17H34N2O. The van der Waals surface area contributed by atoms with Gasteiger partial charge in [0, 0.05) is 12.6 Å². The molecule has 0 aromatic heterocycles. The fourth-order valence-electron chi connectivity index (χ4n) is 3.56. The lowest BCUT2D eigenvalue weighted by Crippen LogP contribution is -2.46. The van der Waals surface area contributed by atoms with E-state index in [2.05, 4.69) is 30.7 Å². The minimum absolute atomic E-state index is 0.551. The second-order valence-corrected chi connectivity index (χ2v) is 6.76. The van der Waals surface area contributed by atoms with Gasteiger partial charge in [-0.25, -0.2) is 0 Å². The van der Waals surface area contributed by atoms with Gasteiger partial charge in [-0.05, 0) is 77.7 Å². The van der Waals surface area contributed by atoms with E-state index >= 15 is 0 Å². The zero-order valence-corrected chi connectivity index (χ0v) is 13.8. The summed E-state index contributed by atoms with van der Waals surface area (Å²) in [5.74, 6) is 0.913. The first-order valence-corrected chi connectivity index (χ1v) is 8.77. The van der Waals surface area contributed by atoms with Gasteiger partial charge in [0.2, 0.25) is 0 Å². The van der Waals surface area contributed by atoms with Crippen LogP contribution in [0.4, 0.5) is 0 Å². The quantitative estimate of drug-likeness (QED) is 0.680. The molecular weight excluding hydrogens is 248 g/mol. The number of hydrogen-bond acceptors (Lipinski definition) is 3. The number of ether oxygens (including phenoxy) is 1. The molecule has 0 amide bonds. The second kappa shape index (κ2) is 8.35. The number of nitrogens with zero attached hydrogens (tertiary/aromatic N) is 2. The van der Waals surface area contributed by atoms with Crippen LogP contribution < -0.4 is 0 Å². The van der Waals surface area contributed by atoms with E-state index in [-0.39, 0.29) is 0 Å². The van der Waals surface area contributed by atoms with Crippen molar-refractivity contribution in [1.82, 2.24) is 9.80 Å². The van der Waals surface area contributed by atoms with E-state index < -0.39 is 0 Å². The van der Waals surface area contributed by atoms with Crippen LogP contribution in [0.2, 0.25) is 0 Å². The van der Waals surface area contributed by atoms with E-state index in [4.69, 9.17) is 4.74 Å². The fourth-order valence-corrected chi connectivity index (χ4v) is 3.56. The minimum Gasteiger partial charge on any atom is -0.378 e. The van der Waals surface area contributed by atoms with Crippen molar-refractivity contribution in [2.75, 3.05) is 39.8 Å². The number of likely N-dealkylation sites (tertiary alicyclic amines) is 1. The number of hydrogen-bond donors (Lipinski definition) is 0. The fraction of sp³-hybridized carbons (Fsp3) is 1.00. The molecule has 3 nitrogen and oxygen atoms in total. The topological polar surface area (TPSA) is 15.7 Å². The maximum Gasteiger partial charge on any atom is 0.0605 e. The Morgan fingerprint density at radius 1 is 1.15 bits per heavy atom. The molecule has 1 heterocycles. The molecule has 0 aromatic carbocycles. The van der Waals surface area contributed by atoms with Crippen LogP contribution in [0.1, 0.15) is 52.4 Å². The normalized spacial score (nSPS) is 28.8. The first-order chi connectivity index (χ1) is 9.72. The van der Waals surface area contributed by atoms with Gasteiger partial charge < -0.3 is 14.5 Å². The van der Waals surface area contributed by atoms with Crippen molar-refractivity contribution in [1.29, 1.82) is 0 Å². The molecule has 0 bridgehead atoms. The van der Waals surface area contributed by atoms with Gasteiger partial charge in [0.1, 0.15) is 0 Å². The molecule has 1 saturated heterocycles. The average molecular weight is 282 g/mol. The summed E-state index contributed by atoms with van der Waals surface area (Å²) in [6.07, 6.45) is 8.36. The van der Waals surface area contributed by atoms with Gasteiger partial charge in [-0.15, -0.1) is 0 Å². The molecule has 1 saturated carbocycles. The highest BCUT2D eigenvalue weighted by molar-refractivity contribution is 4.87. The molecule has 0 spiro atoms. The van der Waals surface area contributed by atoms with Crippen LogP contribution in [0.15, 0.2) is 0 Å². The van der Waals surface area contributed by atoms with Crippen molar-refractivity contribution in [3.63, 3.8) is 0 Å². The molecule has 118 valence electrons. The van der Waals surface area contributed by atoms with E-state index in [1.54, 1.807) is 0 Å². The summed E-state index contributed by atoms with van der Waals surface area (Å²) in [6.45, 7) is 10.6. The highest BCUT2D eigenvalue weighted by Gasteiger charge is 2.32. The third-order valence-corrected chi connectivity index (χ3v) is 5.30. The Morgan fingerprint density at radius 2 is 1.85 bits per heavy atom. The van der Waals surface area contributed by atoms with E-state index in [1.165, 1.54) is 64.7 Å². The van der Waals surface area contributed by atoms with E-state index in [9.17, 15) is 0 Å². The summed E-state index contributed by atoms with van der Waals surface area (Å²) in [4.78, 5) is 5.07. The largest absolute Gasteiger partial charge is 0.378 e. The van der Waals surface area contributed by atoms with E-state index in [0.29, 0.717) is 6.10 Å². The minimum atomic E-state index is 0.551. The SMILES string of the molecule is CCCN(C)C1CC(OCCC2CCN(CC)CC2)C1. The average Bonchev–Trinajstić information content (AvgIpc) is 2.42. The third-order valence-electron chi connectivity index (χ3n) is 5.30. The van der Waals surface area contributed by atoms with Gasteiger partial charge in [-0.1, -0.05) is 13.8 Å². The zero-order valence-electron chi connectivity index (χ0n) is 13.8. The van der Waals surface area contributed by atoms with Crippen molar-refractivity contribution in [3.05, 3.63) is 0 Å². The summed E-state index contributed by atoms with van der Waals surface area (Å²) < 4.78 is 6.05. The molecule has 2 fully saturated rings. The Hall–Kier alpha value is -0.120. The van der Waals surface area contributed by atoms with E-state index in [1.807, 2.05) is 0 Å². The summed E-state index contributed by atoms with van der Waals surface area (Å²) in [5, 5.41) is 0. The maximum absolute atomic E-state index is 6.05. The van der Waals surface area contributed by atoms with Crippen LogP contribution in [0.5, 0.6) is 0 Å². The molecule has 0 aromatic rings. The highest BCUT2D eigenvalue weighted by Crippen LogP contribution is 2.28. The van der Waals surface area contributed by atoms with Gasteiger partial charge in [-0.3, -0.25) is 0 Å². The second-order valence-electron chi connectivity index (χ2n) is 6.76. The standard InChI is InChI=1S/C17H34N2O/c1-4-9-18(3)16-13-17(14-16)20-12-8-15-6-10-19(5-2)11-7-15/h15-17H,4-14H2,1-3H3. The Labute approximate surface area is 125 Å². The third kappa shape index (κ3) is 4.71. The van der Waals surface area contributed by atoms with Gasteiger partial charge in [0.15, 0.2) is 0 Å². The summed E-state index contributed by atoms with van der Waals surface area (Å²) in [6, 6.07) is 0.785. The summed E-state index contributed by atoms with van der Waals surface area (Å²) in [5.41, 5.74) is 0. The zero-order chi connectivity index (χ0) is 14.4. The van der Waals surface area contributed by atoms with Gasteiger partial charge in [-0.2, -0.15) is 0 Å². The molecule has 1 aliphatic heterocycles. The molecule has 0 unspecified atom stereocenters. The van der Waals surface area contributed by atoms with Crippen LogP contribution in [0, 0.1) is 5.92 Å². The number of rotatable bonds is 8. The van der Waals surface area contributed by atoms with Crippen LogP contribution in [-0.4, -0.2) is 61.8 Å². The van der Waals surface area contributed by atoms with Crippen molar-refractivity contribution >= 4 is 0 Å². The predicted molar refractivity (Wildman–Crippen MR) is 85.1 cm³/mol. The van der Waals surface area contributed by atoms with Crippen LogP contribution in [-0.2, 0) is 4.74 Å². The van der Waals surface area contributed by atoms with Crippen LogP contribution in [0.25, 0.3) is 0 Å². The van der Waals surface area contributed by atoms with Gasteiger partial charge in [0.25, 0.3) is 0 Å². The Balaban J connectivity index is 1.49. The monoisotopic (exact) mass is 282 g/mol. The lowest BCUT2D eigenvalue weighted by molar-refractivity contribution is -0.0502. The molecule has 0 atom stereocenters. The van der Waals surface area contributed by atoms with Crippen LogP contribution >= 0.6 is 0 Å². The van der Waals surface area contributed by atoms with Crippen molar-refractivity contribution in [3.8, 4) is 0 Å². The smallest absolute Gasteiger partial charge is 0.0605 e. The predicted octanol–water partition coefficient (Wildman–Crippen LogP) is 3.00. The molecule has 0 radical (unpaired) electrons. The van der Waals surface area contributed by atoms with Crippen molar-refractivity contribution in [2.45, 2.75) is 64.5 Å². The Kier molecular flexibility index (Phi) is 6.79. The number of piperidine rings is 1. The van der Waals surface area contributed by atoms with Gasteiger partial charge >= 0.3 is 0 Å². The van der Waals surface area contributed by atoms with E-state index in [0.717, 1.165) is 18.6 Å². The summed E-state index contributed by atoms with van der Waals surface area (Å²) >= 11 is 0. The highest BCUT2D eigenvalue weighted by atomic mass is 16.5. The molecule has 0 N–H and O–H groups in total. The molecule has 20 heavy (non-hydrogen) atoms. The van der Waals surface area contributed by atoms with Crippen LogP contribution in [0.3, 0.4) is 0 Å².